The van der Waals surface area contributed by atoms with Crippen LogP contribution in [-0.2, 0) is 4.65 Å². The zero-order valence-corrected chi connectivity index (χ0v) is 8.84. The Hall–Kier alpha value is 1.37. The summed E-state index contributed by atoms with van der Waals surface area (Å²) in [5.74, 6) is -6.74. The summed E-state index contributed by atoms with van der Waals surface area (Å²) in [5, 5.41) is 15.8. The van der Waals surface area contributed by atoms with Gasteiger partial charge < -0.3 is 16.1 Å². The van der Waals surface area contributed by atoms with E-state index in [0.29, 0.717) is 0 Å². The predicted molar refractivity (Wildman–Crippen MR) is 25.8 cm³/mol. The van der Waals surface area contributed by atoms with Gasteiger partial charge in [-0.05, 0) is 0 Å². The molecule has 0 aromatic rings. The maximum absolute atomic E-state index is 12.2. The summed E-state index contributed by atoms with van der Waals surface area (Å²) in [6, 6.07) is 0. The predicted octanol–water partition coefficient (Wildman–Crippen LogP) is -3.21. The van der Waals surface area contributed by atoms with Crippen molar-refractivity contribution >= 4 is 7.32 Å². The van der Waals surface area contributed by atoms with Gasteiger partial charge in [0.05, 0.1) is 6.42 Å². The van der Waals surface area contributed by atoms with Gasteiger partial charge in [0, 0.05) is 0 Å². The van der Waals surface area contributed by atoms with Crippen molar-refractivity contribution in [1.82, 2.24) is 0 Å². The minimum absolute atomic E-state index is 0. The first-order chi connectivity index (χ1) is 4.37. The molecule has 0 amide bonds. The molecule has 0 radical (unpaired) electrons. The van der Waals surface area contributed by atoms with Gasteiger partial charge in [0.15, 0.2) is 0 Å². The maximum Gasteiger partial charge on any atom is 1.00 e. The molecule has 60 valence electrons. The van der Waals surface area contributed by atoms with Crippen molar-refractivity contribution in [3.05, 3.63) is 0 Å². The van der Waals surface area contributed by atoms with Crippen molar-refractivity contribution in [2.24, 2.45) is 0 Å². The molecule has 3 nitrogen and oxygen atoms in total. The number of hydrogen-bond acceptors (Lipinski definition) is 3. The monoisotopic (exact) mass is 196 g/mol. The molecule has 0 aromatic carbocycles. The van der Waals surface area contributed by atoms with Crippen LogP contribution in [-0.4, -0.2) is 29.1 Å². The van der Waals surface area contributed by atoms with E-state index >= 15 is 0 Å². The van der Waals surface area contributed by atoms with E-state index in [2.05, 4.69) is 4.65 Å². The second-order valence-electron chi connectivity index (χ2n) is 2.05. The Labute approximate surface area is 105 Å². The normalized spacial score (nSPS) is 32.5. The molecule has 2 N–H and O–H groups in total. The average molecular weight is 196 g/mol. The Balaban J connectivity index is 0. The Kier molecular flexibility index (Phi) is 4.08. The largest absolute Gasteiger partial charge is 1.00 e. The van der Waals surface area contributed by atoms with E-state index in [0.717, 1.165) is 0 Å². The molecule has 1 aliphatic rings. The summed E-state index contributed by atoms with van der Waals surface area (Å²) < 4.78 is 39.3. The zero-order valence-electron chi connectivity index (χ0n) is 6.72. The molecule has 8 heteroatoms. The molecule has 0 aliphatic heterocycles. The van der Waals surface area contributed by atoms with Crippen molar-refractivity contribution in [2.75, 3.05) is 0 Å². The summed E-state index contributed by atoms with van der Waals surface area (Å²) >= 11 is 0. The van der Waals surface area contributed by atoms with Crippen LogP contribution in [0.2, 0.25) is 0 Å². The van der Waals surface area contributed by atoms with Gasteiger partial charge in [-0.15, -0.1) is 0 Å². The average Bonchev–Trinajstić information content (AvgIpc) is 2.01. The van der Waals surface area contributed by atoms with Crippen molar-refractivity contribution in [3.8, 4) is 0 Å². The fourth-order valence-corrected chi connectivity index (χ4v) is 0.536. The standard InChI is InChI=1S/C3H4BF3O3.K.H/c5-2(6)1-3(2,7)10-4(8)9;;/h8-9H,1H2;;/q;+1;-1. The van der Waals surface area contributed by atoms with Gasteiger partial charge in [-0.25, -0.2) is 13.2 Å². The Morgan fingerprint density at radius 1 is 1.36 bits per heavy atom. The van der Waals surface area contributed by atoms with E-state index in [-0.39, 0.29) is 52.8 Å². The molecule has 0 bridgehead atoms. The summed E-state index contributed by atoms with van der Waals surface area (Å²) in [5.41, 5.74) is 0. The number of halogens is 3. The quantitative estimate of drug-likeness (QED) is 0.457. The van der Waals surface area contributed by atoms with Crippen LogP contribution in [0.3, 0.4) is 0 Å². The third-order valence-electron chi connectivity index (χ3n) is 1.16. The smallest absolute Gasteiger partial charge is 1.00 e. The van der Waals surface area contributed by atoms with Gasteiger partial charge in [-0.2, -0.15) is 0 Å². The third kappa shape index (κ3) is 2.66. The molecular formula is C3H5BF3KO3. The van der Waals surface area contributed by atoms with Crippen molar-refractivity contribution < 1.29 is 80.7 Å². The van der Waals surface area contributed by atoms with Crippen LogP contribution in [0, 0.1) is 0 Å². The summed E-state index contributed by atoms with van der Waals surface area (Å²) in [7, 11) is -2.49. The SMILES string of the molecule is OB(O)OC1(F)CC1(F)F.[H-].[K+]. The van der Waals surface area contributed by atoms with Crippen LogP contribution in [0.15, 0.2) is 0 Å². The molecular weight excluding hydrogens is 191 g/mol. The minimum atomic E-state index is -3.57. The van der Waals surface area contributed by atoms with Gasteiger partial charge in [0.2, 0.25) is 0 Å². The maximum atomic E-state index is 12.2. The fourth-order valence-electron chi connectivity index (χ4n) is 0.536. The number of hydrogen-bond donors (Lipinski definition) is 2. The van der Waals surface area contributed by atoms with Crippen molar-refractivity contribution in [3.63, 3.8) is 0 Å². The van der Waals surface area contributed by atoms with Gasteiger partial charge in [-0.1, -0.05) is 0 Å². The third-order valence-corrected chi connectivity index (χ3v) is 1.16. The first kappa shape index (κ1) is 12.4. The molecule has 1 rings (SSSR count). The summed E-state index contributed by atoms with van der Waals surface area (Å²) in [4.78, 5) is 0. The van der Waals surface area contributed by atoms with Crippen LogP contribution >= 0.6 is 0 Å². The molecule has 1 saturated carbocycles. The van der Waals surface area contributed by atoms with E-state index in [9.17, 15) is 13.2 Å². The second-order valence-corrected chi connectivity index (χ2v) is 2.05. The Morgan fingerprint density at radius 3 is 1.82 bits per heavy atom. The van der Waals surface area contributed by atoms with Gasteiger partial charge in [-0.3, -0.25) is 0 Å². The molecule has 1 fully saturated rings. The van der Waals surface area contributed by atoms with E-state index in [1.807, 2.05) is 0 Å². The number of rotatable bonds is 2. The molecule has 0 spiro atoms. The first-order valence-corrected chi connectivity index (χ1v) is 2.48. The molecule has 1 atom stereocenters. The van der Waals surface area contributed by atoms with Crippen LogP contribution in [0.5, 0.6) is 0 Å². The van der Waals surface area contributed by atoms with Gasteiger partial charge in [0.25, 0.3) is 5.85 Å². The van der Waals surface area contributed by atoms with Crippen molar-refractivity contribution in [1.29, 1.82) is 0 Å². The van der Waals surface area contributed by atoms with Crippen LogP contribution in [0.1, 0.15) is 7.85 Å². The van der Waals surface area contributed by atoms with Crippen LogP contribution < -0.4 is 51.4 Å². The molecule has 0 aromatic heterocycles. The topological polar surface area (TPSA) is 49.7 Å². The summed E-state index contributed by atoms with van der Waals surface area (Å²) in [6.45, 7) is 0. The zero-order chi connectivity index (χ0) is 7.99. The molecule has 0 heterocycles. The van der Waals surface area contributed by atoms with Gasteiger partial charge in [0.1, 0.15) is 0 Å². The summed E-state index contributed by atoms with van der Waals surface area (Å²) in [6.07, 6.45) is -1.11. The molecule has 1 aliphatic carbocycles. The fraction of sp³-hybridized carbons (Fsp3) is 1.00. The number of alkyl halides is 3. The van der Waals surface area contributed by atoms with Crippen LogP contribution in [0.25, 0.3) is 0 Å². The molecule has 1 unspecified atom stereocenters. The van der Waals surface area contributed by atoms with E-state index < -0.39 is 25.5 Å². The Bertz CT molecular complexity index is 162. The van der Waals surface area contributed by atoms with Crippen LogP contribution in [0.4, 0.5) is 13.2 Å². The van der Waals surface area contributed by atoms with E-state index in [1.54, 1.807) is 0 Å². The minimum Gasteiger partial charge on any atom is -1.00 e. The van der Waals surface area contributed by atoms with E-state index in [4.69, 9.17) is 10.0 Å². The second kappa shape index (κ2) is 3.62. The first-order valence-electron chi connectivity index (χ1n) is 2.48. The van der Waals surface area contributed by atoms with E-state index in [1.165, 1.54) is 0 Å². The molecule has 11 heavy (non-hydrogen) atoms. The van der Waals surface area contributed by atoms with Crippen molar-refractivity contribution in [2.45, 2.75) is 18.2 Å². The molecule has 0 saturated heterocycles. The van der Waals surface area contributed by atoms with Gasteiger partial charge >= 0.3 is 64.6 Å². The Morgan fingerprint density at radius 2 is 1.73 bits per heavy atom.